The number of nitrogens with two attached hydrogens (primary N) is 1. The van der Waals surface area contributed by atoms with Crippen molar-refractivity contribution >= 4 is 0 Å². The average Bonchev–Trinajstić information content (AvgIpc) is 2.04. The minimum Gasteiger partial charge on any atom is -0.328 e. The molecule has 0 bridgehead atoms. The van der Waals surface area contributed by atoms with Gasteiger partial charge in [-0.2, -0.15) is 0 Å². The summed E-state index contributed by atoms with van der Waals surface area (Å²) >= 11 is 0. The minimum absolute atomic E-state index is 0.392. The number of rotatable bonds is 7. The van der Waals surface area contributed by atoms with Crippen LogP contribution in [0.15, 0.2) is 0 Å². The zero-order valence-electron chi connectivity index (χ0n) is 8.97. The van der Waals surface area contributed by atoms with E-state index < -0.39 is 0 Å². The van der Waals surface area contributed by atoms with E-state index in [4.69, 9.17) is 5.73 Å². The molecule has 0 spiro atoms. The normalized spacial score (nSPS) is 13.8. The Balaban J connectivity index is 3.55. The highest BCUT2D eigenvalue weighted by Crippen LogP contribution is 2.18. The molecule has 1 heteroatoms. The Bertz CT molecular complexity index is 81.0. The summed E-state index contributed by atoms with van der Waals surface area (Å²) in [5.74, 6) is 0.768. The fourth-order valence-electron chi connectivity index (χ4n) is 1.60. The summed E-state index contributed by atoms with van der Waals surface area (Å²) < 4.78 is 0. The number of hydrogen-bond donors (Lipinski definition) is 1. The summed E-state index contributed by atoms with van der Waals surface area (Å²) in [5, 5.41) is 0. The maximum absolute atomic E-state index is 5.92. The van der Waals surface area contributed by atoms with E-state index in [9.17, 15) is 0 Å². The van der Waals surface area contributed by atoms with E-state index in [0.29, 0.717) is 6.04 Å². The van der Waals surface area contributed by atoms with E-state index in [1.165, 1.54) is 38.5 Å². The first-order chi connectivity index (χ1) is 5.72. The quantitative estimate of drug-likeness (QED) is 0.624. The first-order valence-corrected chi connectivity index (χ1v) is 5.47. The molecule has 0 aliphatic carbocycles. The second kappa shape index (κ2) is 7.60. The van der Waals surface area contributed by atoms with Crippen LogP contribution in [0, 0.1) is 5.92 Å². The van der Waals surface area contributed by atoms with Crippen molar-refractivity contribution in [1.82, 2.24) is 0 Å². The van der Waals surface area contributed by atoms with Crippen LogP contribution >= 0.6 is 0 Å². The monoisotopic (exact) mass is 171 g/mol. The predicted octanol–water partition coefficient (Wildman–Crippen LogP) is 3.33. The molecule has 12 heavy (non-hydrogen) atoms. The SMILES string of the molecule is CCCCC(CCCC)C(C)N. The van der Waals surface area contributed by atoms with Crippen LogP contribution in [0.3, 0.4) is 0 Å². The number of unbranched alkanes of at least 4 members (excludes halogenated alkanes) is 2. The average molecular weight is 171 g/mol. The van der Waals surface area contributed by atoms with Crippen LogP contribution < -0.4 is 5.73 Å². The molecule has 0 saturated carbocycles. The molecule has 0 aromatic heterocycles. The Morgan fingerprint density at radius 3 is 1.67 bits per heavy atom. The van der Waals surface area contributed by atoms with E-state index in [0.717, 1.165) is 5.92 Å². The van der Waals surface area contributed by atoms with Gasteiger partial charge in [0, 0.05) is 6.04 Å². The molecular weight excluding hydrogens is 146 g/mol. The van der Waals surface area contributed by atoms with Crippen molar-refractivity contribution in [3.05, 3.63) is 0 Å². The molecule has 1 unspecified atom stereocenters. The molecular formula is C11H25N. The van der Waals surface area contributed by atoms with Crippen LogP contribution in [-0.4, -0.2) is 6.04 Å². The third-order valence-corrected chi connectivity index (χ3v) is 2.60. The third-order valence-electron chi connectivity index (χ3n) is 2.60. The minimum atomic E-state index is 0.392. The topological polar surface area (TPSA) is 26.0 Å². The molecule has 0 fully saturated rings. The first kappa shape index (κ1) is 12.0. The van der Waals surface area contributed by atoms with Crippen LogP contribution in [0.25, 0.3) is 0 Å². The molecule has 0 saturated heterocycles. The van der Waals surface area contributed by atoms with Crippen LogP contribution in [0.2, 0.25) is 0 Å². The second-order valence-corrected chi connectivity index (χ2v) is 3.90. The van der Waals surface area contributed by atoms with Gasteiger partial charge in [-0.25, -0.2) is 0 Å². The maximum Gasteiger partial charge on any atom is 0.00387 e. The largest absolute Gasteiger partial charge is 0.328 e. The van der Waals surface area contributed by atoms with Crippen LogP contribution in [-0.2, 0) is 0 Å². The molecule has 0 aliphatic rings. The van der Waals surface area contributed by atoms with Crippen LogP contribution in [0.1, 0.15) is 59.3 Å². The Kier molecular flexibility index (Phi) is 7.58. The summed E-state index contributed by atoms with van der Waals surface area (Å²) in [6.07, 6.45) is 7.94. The fourth-order valence-corrected chi connectivity index (χ4v) is 1.60. The lowest BCUT2D eigenvalue weighted by Crippen LogP contribution is -2.26. The van der Waals surface area contributed by atoms with E-state index in [1.54, 1.807) is 0 Å². The van der Waals surface area contributed by atoms with Gasteiger partial charge < -0.3 is 5.73 Å². The zero-order chi connectivity index (χ0) is 9.40. The van der Waals surface area contributed by atoms with Crippen molar-refractivity contribution in [3.8, 4) is 0 Å². The standard InChI is InChI=1S/C11H25N/c1-4-6-8-11(10(3)12)9-7-5-2/h10-11H,4-9,12H2,1-3H3. The van der Waals surface area contributed by atoms with Crippen molar-refractivity contribution in [2.24, 2.45) is 11.7 Å². The summed E-state index contributed by atoms with van der Waals surface area (Å²) in [4.78, 5) is 0. The van der Waals surface area contributed by atoms with Crippen LogP contribution in [0.5, 0.6) is 0 Å². The summed E-state index contributed by atoms with van der Waals surface area (Å²) in [6, 6.07) is 0.392. The molecule has 1 nitrogen and oxygen atoms in total. The Morgan fingerprint density at radius 1 is 1.00 bits per heavy atom. The summed E-state index contributed by atoms with van der Waals surface area (Å²) in [5.41, 5.74) is 5.92. The van der Waals surface area contributed by atoms with Crippen LogP contribution in [0.4, 0.5) is 0 Å². The van der Waals surface area contributed by atoms with Gasteiger partial charge in [0.25, 0.3) is 0 Å². The molecule has 0 amide bonds. The van der Waals surface area contributed by atoms with Gasteiger partial charge in [0.05, 0.1) is 0 Å². The highest BCUT2D eigenvalue weighted by molar-refractivity contribution is 4.68. The molecule has 0 heterocycles. The van der Waals surface area contributed by atoms with Crippen molar-refractivity contribution in [3.63, 3.8) is 0 Å². The lowest BCUT2D eigenvalue weighted by molar-refractivity contribution is 0.365. The summed E-state index contributed by atoms with van der Waals surface area (Å²) in [6.45, 7) is 6.64. The van der Waals surface area contributed by atoms with Gasteiger partial charge in [0.1, 0.15) is 0 Å². The zero-order valence-corrected chi connectivity index (χ0v) is 8.97. The molecule has 1 atom stereocenters. The Morgan fingerprint density at radius 2 is 1.42 bits per heavy atom. The fraction of sp³-hybridized carbons (Fsp3) is 1.00. The lowest BCUT2D eigenvalue weighted by Gasteiger charge is -2.19. The highest BCUT2D eigenvalue weighted by Gasteiger charge is 2.11. The lowest BCUT2D eigenvalue weighted by atomic mass is 9.90. The smallest absolute Gasteiger partial charge is 0.00387 e. The third kappa shape index (κ3) is 5.59. The van der Waals surface area contributed by atoms with E-state index >= 15 is 0 Å². The van der Waals surface area contributed by atoms with Gasteiger partial charge in [-0.05, 0) is 25.7 Å². The van der Waals surface area contributed by atoms with Gasteiger partial charge in [-0.3, -0.25) is 0 Å². The molecule has 0 aromatic carbocycles. The maximum atomic E-state index is 5.92. The molecule has 2 N–H and O–H groups in total. The Labute approximate surface area is 77.7 Å². The molecule has 0 radical (unpaired) electrons. The van der Waals surface area contributed by atoms with E-state index in [-0.39, 0.29) is 0 Å². The van der Waals surface area contributed by atoms with Gasteiger partial charge in [0.15, 0.2) is 0 Å². The second-order valence-electron chi connectivity index (χ2n) is 3.90. The molecule has 0 aromatic rings. The molecule has 0 rings (SSSR count). The van der Waals surface area contributed by atoms with Crippen molar-refractivity contribution in [1.29, 1.82) is 0 Å². The van der Waals surface area contributed by atoms with Gasteiger partial charge in [0.2, 0.25) is 0 Å². The van der Waals surface area contributed by atoms with Crippen molar-refractivity contribution in [2.45, 2.75) is 65.3 Å². The molecule has 0 aliphatic heterocycles. The summed E-state index contributed by atoms with van der Waals surface area (Å²) in [7, 11) is 0. The first-order valence-electron chi connectivity index (χ1n) is 5.47. The molecule has 74 valence electrons. The van der Waals surface area contributed by atoms with Gasteiger partial charge >= 0.3 is 0 Å². The van der Waals surface area contributed by atoms with E-state index in [2.05, 4.69) is 20.8 Å². The van der Waals surface area contributed by atoms with Gasteiger partial charge in [-0.1, -0.05) is 39.5 Å². The Hall–Kier alpha value is -0.0400. The highest BCUT2D eigenvalue weighted by atomic mass is 14.6. The van der Waals surface area contributed by atoms with Gasteiger partial charge in [-0.15, -0.1) is 0 Å². The van der Waals surface area contributed by atoms with Crippen molar-refractivity contribution in [2.75, 3.05) is 0 Å². The van der Waals surface area contributed by atoms with E-state index in [1.807, 2.05) is 0 Å². The predicted molar refractivity (Wildman–Crippen MR) is 56.2 cm³/mol. The van der Waals surface area contributed by atoms with Crippen molar-refractivity contribution < 1.29 is 0 Å². The number of hydrogen-bond acceptors (Lipinski definition) is 1.